The van der Waals surface area contributed by atoms with Crippen LogP contribution in [0.1, 0.15) is 25.7 Å². The molecule has 1 fully saturated rings. The minimum absolute atomic E-state index is 0.756. The molecule has 0 unspecified atom stereocenters. The molecular formula is C8H18N2. The van der Waals surface area contributed by atoms with Crippen LogP contribution in [-0.2, 0) is 0 Å². The van der Waals surface area contributed by atoms with Gasteiger partial charge in [0.25, 0.3) is 0 Å². The fraction of sp³-hybridized carbons (Fsp3) is 1.00. The SMILES string of the molecule is CN[C@@H]1CCC[C@H](NC)C1. The van der Waals surface area contributed by atoms with E-state index in [1.807, 2.05) is 0 Å². The van der Waals surface area contributed by atoms with Crippen molar-refractivity contribution in [2.75, 3.05) is 14.1 Å². The Morgan fingerprint density at radius 3 is 1.90 bits per heavy atom. The van der Waals surface area contributed by atoms with Crippen molar-refractivity contribution < 1.29 is 0 Å². The van der Waals surface area contributed by atoms with Crippen molar-refractivity contribution in [3.05, 3.63) is 0 Å². The van der Waals surface area contributed by atoms with Gasteiger partial charge >= 0.3 is 0 Å². The predicted molar refractivity (Wildman–Crippen MR) is 44.2 cm³/mol. The zero-order valence-electron chi connectivity index (χ0n) is 6.98. The summed E-state index contributed by atoms with van der Waals surface area (Å²) in [6, 6.07) is 1.51. The topological polar surface area (TPSA) is 24.1 Å². The lowest BCUT2D eigenvalue weighted by Gasteiger charge is -2.28. The van der Waals surface area contributed by atoms with Gasteiger partial charge in [-0.3, -0.25) is 0 Å². The summed E-state index contributed by atoms with van der Waals surface area (Å²) < 4.78 is 0. The number of hydrogen-bond acceptors (Lipinski definition) is 2. The molecule has 2 atom stereocenters. The van der Waals surface area contributed by atoms with Crippen LogP contribution < -0.4 is 10.6 Å². The molecule has 0 saturated heterocycles. The summed E-state index contributed by atoms with van der Waals surface area (Å²) >= 11 is 0. The molecule has 0 aliphatic heterocycles. The first-order valence-corrected chi connectivity index (χ1v) is 4.21. The quantitative estimate of drug-likeness (QED) is 0.594. The van der Waals surface area contributed by atoms with Gasteiger partial charge in [-0.15, -0.1) is 0 Å². The Bertz CT molecular complexity index is 83.3. The van der Waals surface area contributed by atoms with Gasteiger partial charge in [-0.25, -0.2) is 0 Å². The van der Waals surface area contributed by atoms with Crippen LogP contribution in [0.4, 0.5) is 0 Å². The highest BCUT2D eigenvalue weighted by Crippen LogP contribution is 2.17. The zero-order chi connectivity index (χ0) is 7.40. The molecule has 0 radical (unpaired) electrons. The predicted octanol–water partition coefficient (Wildman–Crippen LogP) is 0.736. The van der Waals surface area contributed by atoms with Gasteiger partial charge in [-0.05, 0) is 33.4 Å². The zero-order valence-corrected chi connectivity index (χ0v) is 6.98. The molecule has 0 aromatic rings. The lowest BCUT2D eigenvalue weighted by molar-refractivity contribution is 0.325. The van der Waals surface area contributed by atoms with Gasteiger partial charge in [-0.1, -0.05) is 6.42 Å². The average Bonchev–Trinajstić information content (AvgIpc) is 2.05. The Labute approximate surface area is 63.4 Å². The summed E-state index contributed by atoms with van der Waals surface area (Å²) in [6.07, 6.45) is 5.38. The molecule has 0 bridgehead atoms. The van der Waals surface area contributed by atoms with Crippen LogP contribution in [0.25, 0.3) is 0 Å². The molecule has 2 heteroatoms. The third-order valence-electron chi connectivity index (χ3n) is 2.49. The summed E-state index contributed by atoms with van der Waals surface area (Å²) in [7, 11) is 4.12. The fourth-order valence-corrected chi connectivity index (χ4v) is 1.71. The third kappa shape index (κ3) is 1.96. The van der Waals surface area contributed by atoms with Crippen LogP contribution in [0.2, 0.25) is 0 Å². The molecule has 0 aromatic heterocycles. The average molecular weight is 142 g/mol. The van der Waals surface area contributed by atoms with Gasteiger partial charge in [0.05, 0.1) is 0 Å². The maximum absolute atomic E-state index is 3.33. The second kappa shape index (κ2) is 3.94. The van der Waals surface area contributed by atoms with Gasteiger partial charge in [0.1, 0.15) is 0 Å². The first-order chi connectivity index (χ1) is 4.86. The monoisotopic (exact) mass is 142 g/mol. The smallest absolute Gasteiger partial charge is 0.00788 e. The maximum atomic E-state index is 3.33. The molecule has 2 nitrogen and oxygen atoms in total. The minimum Gasteiger partial charge on any atom is -0.317 e. The molecule has 0 heterocycles. The fourth-order valence-electron chi connectivity index (χ4n) is 1.71. The van der Waals surface area contributed by atoms with Crippen molar-refractivity contribution in [3.63, 3.8) is 0 Å². The Balaban J connectivity index is 2.25. The van der Waals surface area contributed by atoms with Crippen molar-refractivity contribution in [1.82, 2.24) is 10.6 Å². The Morgan fingerprint density at radius 1 is 1.00 bits per heavy atom. The lowest BCUT2D eigenvalue weighted by atomic mass is 9.91. The van der Waals surface area contributed by atoms with Crippen LogP contribution in [0.5, 0.6) is 0 Å². The molecule has 2 N–H and O–H groups in total. The summed E-state index contributed by atoms with van der Waals surface area (Å²) in [5.74, 6) is 0. The number of rotatable bonds is 2. The molecule has 0 aromatic carbocycles. The van der Waals surface area contributed by atoms with E-state index in [9.17, 15) is 0 Å². The Kier molecular flexibility index (Phi) is 3.16. The number of nitrogens with one attached hydrogen (secondary N) is 2. The molecule has 1 saturated carbocycles. The van der Waals surface area contributed by atoms with E-state index in [4.69, 9.17) is 0 Å². The van der Waals surface area contributed by atoms with Crippen molar-refractivity contribution >= 4 is 0 Å². The first-order valence-electron chi connectivity index (χ1n) is 4.21. The first kappa shape index (κ1) is 8.02. The molecule has 1 rings (SSSR count). The van der Waals surface area contributed by atoms with Crippen molar-refractivity contribution in [3.8, 4) is 0 Å². The van der Waals surface area contributed by atoms with E-state index in [1.165, 1.54) is 25.7 Å². The normalized spacial score (nSPS) is 34.2. The van der Waals surface area contributed by atoms with E-state index >= 15 is 0 Å². The van der Waals surface area contributed by atoms with Crippen molar-refractivity contribution in [2.45, 2.75) is 37.8 Å². The van der Waals surface area contributed by atoms with Crippen LogP contribution in [0, 0.1) is 0 Å². The highest BCUT2D eigenvalue weighted by atomic mass is 14.9. The van der Waals surface area contributed by atoms with Gasteiger partial charge in [0, 0.05) is 12.1 Å². The standard InChI is InChI=1S/C8H18N2/c1-9-7-4-3-5-8(6-7)10-2/h7-10H,3-6H2,1-2H3/t7-,8+. The summed E-state index contributed by atoms with van der Waals surface area (Å²) in [5, 5.41) is 6.66. The molecule has 1 aliphatic carbocycles. The largest absolute Gasteiger partial charge is 0.317 e. The second-order valence-corrected chi connectivity index (χ2v) is 3.14. The number of hydrogen-bond donors (Lipinski definition) is 2. The molecular weight excluding hydrogens is 124 g/mol. The van der Waals surface area contributed by atoms with Crippen LogP contribution in [0.15, 0.2) is 0 Å². The molecule has 1 aliphatic rings. The highest BCUT2D eigenvalue weighted by molar-refractivity contribution is 4.79. The maximum Gasteiger partial charge on any atom is 0.00788 e. The summed E-state index contributed by atoms with van der Waals surface area (Å²) in [5.41, 5.74) is 0. The second-order valence-electron chi connectivity index (χ2n) is 3.14. The Hall–Kier alpha value is -0.0800. The minimum atomic E-state index is 0.756. The van der Waals surface area contributed by atoms with Crippen LogP contribution in [-0.4, -0.2) is 26.2 Å². The third-order valence-corrected chi connectivity index (χ3v) is 2.49. The van der Waals surface area contributed by atoms with E-state index in [2.05, 4.69) is 24.7 Å². The van der Waals surface area contributed by atoms with Gasteiger partial charge in [-0.2, -0.15) is 0 Å². The Morgan fingerprint density at radius 2 is 1.50 bits per heavy atom. The molecule has 60 valence electrons. The van der Waals surface area contributed by atoms with Crippen molar-refractivity contribution in [2.24, 2.45) is 0 Å². The van der Waals surface area contributed by atoms with Gasteiger partial charge < -0.3 is 10.6 Å². The van der Waals surface area contributed by atoms with E-state index in [-0.39, 0.29) is 0 Å². The molecule has 0 spiro atoms. The molecule has 0 amide bonds. The van der Waals surface area contributed by atoms with E-state index in [1.54, 1.807) is 0 Å². The summed E-state index contributed by atoms with van der Waals surface area (Å²) in [6.45, 7) is 0. The van der Waals surface area contributed by atoms with E-state index in [0.29, 0.717) is 0 Å². The lowest BCUT2D eigenvalue weighted by Crippen LogP contribution is -2.39. The van der Waals surface area contributed by atoms with Crippen LogP contribution >= 0.6 is 0 Å². The molecule has 10 heavy (non-hydrogen) atoms. The van der Waals surface area contributed by atoms with E-state index < -0.39 is 0 Å². The van der Waals surface area contributed by atoms with Crippen molar-refractivity contribution in [1.29, 1.82) is 0 Å². The van der Waals surface area contributed by atoms with Gasteiger partial charge in [0.2, 0.25) is 0 Å². The van der Waals surface area contributed by atoms with E-state index in [0.717, 1.165) is 12.1 Å². The van der Waals surface area contributed by atoms with Crippen LogP contribution in [0.3, 0.4) is 0 Å². The highest BCUT2D eigenvalue weighted by Gasteiger charge is 2.18. The summed E-state index contributed by atoms with van der Waals surface area (Å²) in [4.78, 5) is 0. The van der Waals surface area contributed by atoms with Gasteiger partial charge in [0.15, 0.2) is 0 Å².